The average Bonchev–Trinajstić information content (AvgIpc) is 2.82. The molecule has 0 aliphatic carbocycles. The Morgan fingerprint density at radius 3 is 2.78 bits per heavy atom. The zero-order valence-corrected chi connectivity index (χ0v) is 10.7. The molecule has 0 bridgehead atoms. The van der Waals surface area contributed by atoms with Gasteiger partial charge in [-0.05, 0) is 17.2 Å². The molecule has 0 aliphatic rings. The minimum absolute atomic E-state index is 0.468. The summed E-state index contributed by atoms with van der Waals surface area (Å²) in [5.74, 6) is 0.559. The summed E-state index contributed by atoms with van der Waals surface area (Å²) >= 11 is 0. The van der Waals surface area contributed by atoms with Crippen molar-refractivity contribution in [2.24, 2.45) is 7.05 Å². The van der Waals surface area contributed by atoms with Crippen LogP contribution < -0.4 is 0 Å². The highest BCUT2D eigenvalue weighted by Gasteiger charge is 2.15. The van der Waals surface area contributed by atoms with Crippen molar-refractivity contribution in [3.8, 4) is 11.4 Å². The third-order valence-corrected chi connectivity index (χ3v) is 2.90. The van der Waals surface area contributed by atoms with Crippen LogP contribution >= 0.6 is 0 Å². The van der Waals surface area contributed by atoms with Crippen molar-refractivity contribution in [1.29, 1.82) is 0 Å². The number of tetrazole rings is 1. The predicted octanol–water partition coefficient (Wildman–Crippen LogP) is 2.10. The molecule has 5 nitrogen and oxygen atoms in total. The summed E-state index contributed by atoms with van der Waals surface area (Å²) in [4.78, 5) is 1.42. The Labute approximate surface area is 106 Å². The van der Waals surface area contributed by atoms with Gasteiger partial charge in [0, 0.05) is 5.56 Å². The van der Waals surface area contributed by atoms with Crippen LogP contribution in [0.1, 0.15) is 37.9 Å². The number of rotatable bonds is 5. The van der Waals surface area contributed by atoms with Gasteiger partial charge in [0.25, 0.3) is 0 Å². The second kappa shape index (κ2) is 5.73. The van der Waals surface area contributed by atoms with E-state index in [-0.39, 0.29) is 0 Å². The fourth-order valence-corrected chi connectivity index (χ4v) is 1.94. The Kier molecular flexibility index (Phi) is 4.04. The summed E-state index contributed by atoms with van der Waals surface area (Å²) in [5, 5.41) is 22.2. The van der Waals surface area contributed by atoms with Crippen LogP contribution in [0.3, 0.4) is 0 Å². The van der Waals surface area contributed by atoms with E-state index in [1.807, 2.05) is 24.3 Å². The summed E-state index contributed by atoms with van der Waals surface area (Å²) in [6.45, 7) is 2.11. The smallest absolute Gasteiger partial charge is 0.205 e. The van der Waals surface area contributed by atoms with E-state index in [0.29, 0.717) is 5.82 Å². The summed E-state index contributed by atoms with van der Waals surface area (Å²) in [6, 6.07) is 7.68. The number of benzene rings is 1. The monoisotopic (exact) mass is 246 g/mol. The zero-order chi connectivity index (χ0) is 13.0. The van der Waals surface area contributed by atoms with E-state index in [1.165, 1.54) is 4.80 Å². The van der Waals surface area contributed by atoms with Crippen LogP contribution in [0.5, 0.6) is 0 Å². The van der Waals surface area contributed by atoms with Crippen LogP contribution in [-0.4, -0.2) is 25.3 Å². The number of aryl methyl sites for hydroxylation is 1. The fourth-order valence-electron chi connectivity index (χ4n) is 1.94. The lowest BCUT2D eigenvalue weighted by Crippen LogP contribution is -2.01. The highest BCUT2D eigenvalue weighted by atomic mass is 16.3. The van der Waals surface area contributed by atoms with Gasteiger partial charge in [-0.1, -0.05) is 44.0 Å². The van der Waals surface area contributed by atoms with E-state index in [2.05, 4.69) is 22.3 Å². The van der Waals surface area contributed by atoms with Gasteiger partial charge in [0.15, 0.2) is 0 Å². The number of unbranched alkanes of at least 4 members (excludes halogenated alkanes) is 1. The molecule has 0 amide bonds. The first-order valence-electron chi connectivity index (χ1n) is 6.23. The molecule has 1 aromatic heterocycles. The molecule has 0 aliphatic heterocycles. The van der Waals surface area contributed by atoms with E-state index in [0.717, 1.165) is 30.4 Å². The molecule has 1 heterocycles. The molecule has 5 heteroatoms. The lowest BCUT2D eigenvalue weighted by molar-refractivity contribution is 0.165. The van der Waals surface area contributed by atoms with Gasteiger partial charge in [0.05, 0.1) is 13.2 Å². The molecule has 0 spiro atoms. The molecule has 1 aromatic carbocycles. The van der Waals surface area contributed by atoms with E-state index >= 15 is 0 Å². The molecule has 2 aromatic rings. The van der Waals surface area contributed by atoms with Gasteiger partial charge in [0.2, 0.25) is 5.82 Å². The number of aliphatic hydroxyl groups is 1. The van der Waals surface area contributed by atoms with Crippen LogP contribution in [0, 0.1) is 0 Å². The molecule has 0 radical (unpaired) electrons. The molecule has 0 fully saturated rings. The average molecular weight is 246 g/mol. The van der Waals surface area contributed by atoms with Crippen molar-refractivity contribution in [2.45, 2.75) is 32.3 Å². The fraction of sp³-hybridized carbons (Fsp3) is 0.462. The minimum atomic E-state index is -0.468. The normalized spacial score (nSPS) is 12.6. The Bertz CT molecular complexity index is 509. The summed E-state index contributed by atoms with van der Waals surface area (Å²) in [7, 11) is 1.73. The maximum atomic E-state index is 10.2. The standard InChI is InChI=1S/C13H18N4O/c1-3-4-9-12(18)10-7-5-6-8-11(10)13-14-16-17(2)15-13/h5-8,12,18H,3-4,9H2,1-2H3. The van der Waals surface area contributed by atoms with Gasteiger partial charge in [-0.15, -0.1) is 10.2 Å². The van der Waals surface area contributed by atoms with Gasteiger partial charge in [-0.3, -0.25) is 0 Å². The van der Waals surface area contributed by atoms with Crippen molar-refractivity contribution < 1.29 is 5.11 Å². The van der Waals surface area contributed by atoms with Crippen molar-refractivity contribution >= 4 is 0 Å². The number of hydrogen-bond donors (Lipinski definition) is 1. The molecule has 18 heavy (non-hydrogen) atoms. The van der Waals surface area contributed by atoms with E-state index in [1.54, 1.807) is 7.05 Å². The number of aromatic nitrogens is 4. The molecule has 1 N–H and O–H groups in total. The molecule has 96 valence electrons. The van der Waals surface area contributed by atoms with Gasteiger partial charge < -0.3 is 5.11 Å². The molecule has 1 atom stereocenters. The maximum Gasteiger partial charge on any atom is 0.205 e. The van der Waals surface area contributed by atoms with Gasteiger partial charge in [-0.25, -0.2) is 0 Å². The van der Waals surface area contributed by atoms with Crippen LogP contribution in [0.4, 0.5) is 0 Å². The van der Waals surface area contributed by atoms with Crippen LogP contribution in [0.15, 0.2) is 24.3 Å². The van der Waals surface area contributed by atoms with Crippen molar-refractivity contribution in [3.05, 3.63) is 29.8 Å². The lowest BCUT2D eigenvalue weighted by atomic mass is 9.98. The van der Waals surface area contributed by atoms with Crippen molar-refractivity contribution in [1.82, 2.24) is 20.2 Å². The highest BCUT2D eigenvalue weighted by Crippen LogP contribution is 2.28. The lowest BCUT2D eigenvalue weighted by Gasteiger charge is -2.13. The Hall–Kier alpha value is -1.75. The molecular formula is C13H18N4O. The largest absolute Gasteiger partial charge is 0.388 e. The number of hydrogen-bond acceptors (Lipinski definition) is 4. The van der Waals surface area contributed by atoms with E-state index in [4.69, 9.17) is 0 Å². The van der Waals surface area contributed by atoms with Crippen LogP contribution in [-0.2, 0) is 7.05 Å². The zero-order valence-electron chi connectivity index (χ0n) is 10.7. The first-order chi connectivity index (χ1) is 8.72. The first-order valence-corrected chi connectivity index (χ1v) is 6.23. The maximum absolute atomic E-state index is 10.2. The molecule has 0 saturated carbocycles. The molecule has 0 saturated heterocycles. The molecular weight excluding hydrogens is 228 g/mol. The third kappa shape index (κ3) is 2.73. The third-order valence-electron chi connectivity index (χ3n) is 2.90. The van der Waals surface area contributed by atoms with E-state index < -0.39 is 6.10 Å². The number of aliphatic hydroxyl groups excluding tert-OH is 1. The van der Waals surface area contributed by atoms with Crippen LogP contribution in [0.25, 0.3) is 11.4 Å². The first kappa shape index (κ1) is 12.7. The SMILES string of the molecule is CCCCC(O)c1ccccc1-c1nnn(C)n1. The Balaban J connectivity index is 2.30. The van der Waals surface area contributed by atoms with Gasteiger partial charge in [-0.2, -0.15) is 4.80 Å². The van der Waals surface area contributed by atoms with Crippen molar-refractivity contribution in [2.75, 3.05) is 0 Å². The highest BCUT2D eigenvalue weighted by molar-refractivity contribution is 5.59. The predicted molar refractivity (Wildman–Crippen MR) is 68.7 cm³/mol. The minimum Gasteiger partial charge on any atom is -0.388 e. The Morgan fingerprint density at radius 1 is 1.33 bits per heavy atom. The summed E-state index contributed by atoms with van der Waals surface area (Å²) < 4.78 is 0. The second-order valence-electron chi connectivity index (χ2n) is 4.35. The van der Waals surface area contributed by atoms with E-state index in [9.17, 15) is 5.11 Å². The van der Waals surface area contributed by atoms with Gasteiger partial charge in [0.1, 0.15) is 0 Å². The topological polar surface area (TPSA) is 63.8 Å². The summed E-state index contributed by atoms with van der Waals surface area (Å²) in [6.07, 6.45) is 2.37. The van der Waals surface area contributed by atoms with Gasteiger partial charge >= 0.3 is 0 Å². The number of nitrogens with zero attached hydrogens (tertiary/aromatic N) is 4. The summed E-state index contributed by atoms with van der Waals surface area (Å²) in [5.41, 5.74) is 1.73. The van der Waals surface area contributed by atoms with Crippen molar-refractivity contribution in [3.63, 3.8) is 0 Å². The second-order valence-corrected chi connectivity index (χ2v) is 4.35. The molecule has 1 unspecified atom stereocenters. The molecule has 2 rings (SSSR count). The van der Waals surface area contributed by atoms with Crippen LogP contribution in [0.2, 0.25) is 0 Å². The quantitative estimate of drug-likeness (QED) is 0.877. The Morgan fingerprint density at radius 2 is 2.11 bits per heavy atom.